The van der Waals surface area contributed by atoms with E-state index in [0.29, 0.717) is 12.8 Å². The van der Waals surface area contributed by atoms with Gasteiger partial charge in [-0.2, -0.15) is 0 Å². The van der Waals surface area contributed by atoms with E-state index in [0.717, 1.165) is 4.90 Å². The van der Waals surface area contributed by atoms with E-state index in [9.17, 15) is 14.4 Å². The van der Waals surface area contributed by atoms with Crippen molar-refractivity contribution in [3.05, 3.63) is 0 Å². The summed E-state index contributed by atoms with van der Waals surface area (Å²) in [5, 5.41) is 2.17. The Morgan fingerprint density at radius 3 is 2.40 bits per heavy atom. The number of imide groups is 2. The van der Waals surface area contributed by atoms with Gasteiger partial charge < -0.3 is 5.73 Å². The highest BCUT2D eigenvalue weighted by atomic mass is 35.5. The van der Waals surface area contributed by atoms with Crippen LogP contribution in [0.25, 0.3) is 0 Å². The average molecular weight is 234 g/mol. The molecule has 0 atom stereocenters. The van der Waals surface area contributed by atoms with Crippen LogP contribution in [0.5, 0.6) is 0 Å². The Balaban J connectivity index is 0.00000112. The number of halogens is 1. The lowest BCUT2D eigenvalue weighted by molar-refractivity contribution is -0.144. The van der Waals surface area contributed by atoms with Gasteiger partial charge in [0.2, 0.25) is 11.8 Å². The largest absolute Gasteiger partial charge is 0.330 e. The van der Waals surface area contributed by atoms with Crippen LogP contribution in [-0.2, 0) is 9.59 Å². The topological polar surface area (TPSA) is 92.5 Å². The van der Waals surface area contributed by atoms with E-state index < -0.39 is 23.3 Å². The molecule has 0 aromatic carbocycles. The summed E-state index contributed by atoms with van der Waals surface area (Å²) in [5.41, 5.74) is 4.33. The first-order valence-electron chi connectivity index (χ1n) is 4.49. The molecule has 7 heteroatoms. The molecule has 1 saturated heterocycles. The fourth-order valence-corrected chi connectivity index (χ4v) is 1.63. The van der Waals surface area contributed by atoms with Gasteiger partial charge in [0.1, 0.15) is 5.41 Å². The molecule has 1 aliphatic carbocycles. The number of hydrogen-bond donors (Lipinski definition) is 2. The Kier molecular flexibility index (Phi) is 3.01. The number of nitrogens with two attached hydrogens (primary N) is 1. The van der Waals surface area contributed by atoms with E-state index in [-0.39, 0.29) is 25.5 Å². The van der Waals surface area contributed by atoms with Crippen LogP contribution >= 0.6 is 12.4 Å². The Morgan fingerprint density at radius 2 is 1.93 bits per heavy atom. The van der Waals surface area contributed by atoms with Crippen LogP contribution in [0.15, 0.2) is 0 Å². The summed E-state index contributed by atoms with van der Waals surface area (Å²) in [4.78, 5) is 35.3. The quantitative estimate of drug-likeness (QED) is 0.613. The van der Waals surface area contributed by atoms with E-state index in [2.05, 4.69) is 5.32 Å². The molecule has 0 radical (unpaired) electrons. The van der Waals surface area contributed by atoms with Crippen molar-refractivity contribution in [2.45, 2.75) is 12.8 Å². The molecule has 0 aromatic rings. The minimum Gasteiger partial charge on any atom is -0.329 e. The molecule has 4 amide bonds. The molecule has 0 bridgehead atoms. The van der Waals surface area contributed by atoms with E-state index in [1.54, 1.807) is 0 Å². The fourth-order valence-electron chi connectivity index (χ4n) is 1.63. The predicted molar refractivity (Wildman–Crippen MR) is 53.2 cm³/mol. The smallest absolute Gasteiger partial charge is 0.329 e. The summed E-state index contributed by atoms with van der Waals surface area (Å²) in [5.74, 6) is -0.850. The number of urea groups is 1. The van der Waals surface area contributed by atoms with Crippen molar-refractivity contribution >= 4 is 30.3 Å². The van der Waals surface area contributed by atoms with Crippen molar-refractivity contribution in [1.82, 2.24) is 10.2 Å². The lowest BCUT2D eigenvalue weighted by Gasteiger charge is -2.29. The van der Waals surface area contributed by atoms with Crippen molar-refractivity contribution in [2.24, 2.45) is 11.1 Å². The Morgan fingerprint density at radius 1 is 1.33 bits per heavy atom. The van der Waals surface area contributed by atoms with Gasteiger partial charge >= 0.3 is 6.03 Å². The highest BCUT2D eigenvalue weighted by molar-refractivity contribution is 6.20. The molecule has 3 N–H and O–H groups in total. The maximum absolute atomic E-state index is 11.7. The number of nitrogens with zero attached hydrogens (tertiary/aromatic N) is 1. The number of rotatable bonds is 2. The SMILES string of the molecule is Cl.NCCN1C(=O)NC(=O)C2(CC2)C1=O. The molecule has 2 fully saturated rings. The zero-order chi connectivity index (χ0) is 10.3. The molecular formula is C8H12ClN3O3. The monoisotopic (exact) mass is 233 g/mol. The maximum Gasteiger partial charge on any atom is 0.330 e. The van der Waals surface area contributed by atoms with Crippen molar-refractivity contribution < 1.29 is 14.4 Å². The number of amides is 4. The second kappa shape index (κ2) is 3.79. The van der Waals surface area contributed by atoms with Crippen molar-refractivity contribution in [1.29, 1.82) is 0 Å². The molecule has 84 valence electrons. The lowest BCUT2D eigenvalue weighted by atomic mass is 10.0. The molecular weight excluding hydrogens is 222 g/mol. The Bertz CT molecular complexity index is 327. The maximum atomic E-state index is 11.7. The average Bonchev–Trinajstić information content (AvgIpc) is 2.91. The van der Waals surface area contributed by atoms with Crippen molar-refractivity contribution in [3.63, 3.8) is 0 Å². The van der Waals surface area contributed by atoms with Crippen LogP contribution in [-0.4, -0.2) is 35.8 Å². The van der Waals surface area contributed by atoms with Crippen LogP contribution in [0.1, 0.15) is 12.8 Å². The standard InChI is InChI=1S/C8H11N3O3.ClH/c9-3-4-11-6(13)8(1-2-8)5(12)10-7(11)14;/h1-4,9H2,(H,10,12,14);1H. The minimum atomic E-state index is -0.941. The van der Waals surface area contributed by atoms with Crippen LogP contribution in [0.4, 0.5) is 4.79 Å². The van der Waals surface area contributed by atoms with Gasteiger partial charge in [0, 0.05) is 13.1 Å². The first-order chi connectivity index (χ1) is 6.62. The van der Waals surface area contributed by atoms with Gasteiger partial charge in [-0.3, -0.25) is 19.8 Å². The third-order valence-corrected chi connectivity index (χ3v) is 2.66. The molecule has 1 spiro atoms. The van der Waals surface area contributed by atoms with Crippen LogP contribution in [0.2, 0.25) is 0 Å². The number of barbiturate groups is 1. The van der Waals surface area contributed by atoms with Crippen LogP contribution in [0.3, 0.4) is 0 Å². The fraction of sp³-hybridized carbons (Fsp3) is 0.625. The molecule has 6 nitrogen and oxygen atoms in total. The van der Waals surface area contributed by atoms with Crippen LogP contribution in [0, 0.1) is 5.41 Å². The molecule has 1 saturated carbocycles. The molecule has 2 aliphatic rings. The minimum absolute atomic E-state index is 0. The molecule has 0 unspecified atom stereocenters. The highest BCUT2D eigenvalue weighted by Crippen LogP contribution is 2.48. The first kappa shape index (κ1) is 11.9. The summed E-state index contributed by atoms with van der Waals surface area (Å²) >= 11 is 0. The second-order valence-electron chi connectivity index (χ2n) is 3.59. The Labute approximate surface area is 92.6 Å². The zero-order valence-corrected chi connectivity index (χ0v) is 8.80. The van der Waals surface area contributed by atoms with Gasteiger partial charge in [0.05, 0.1) is 0 Å². The Hall–Kier alpha value is -1.14. The van der Waals surface area contributed by atoms with E-state index >= 15 is 0 Å². The molecule has 1 aliphatic heterocycles. The summed E-state index contributed by atoms with van der Waals surface area (Å²) in [6, 6.07) is -0.650. The lowest BCUT2D eigenvalue weighted by Crippen LogP contribution is -2.59. The van der Waals surface area contributed by atoms with Gasteiger partial charge in [0.25, 0.3) is 0 Å². The zero-order valence-electron chi connectivity index (χ0n) is 7.99. The van der Waals surface area contributed by atoms with Gasteiger partial charge in [0.15, 0.2) is 0 Å². The van der Waals surface area contributed by atoms with Crippen LogP contribution < -0.4 is 11.1 Å². The number of carbonyl (C=O) groups excluding carboxylic acids is 3. The summed E-state index contributed by atoms with van der Waals surface area (Å²) in [6.45, 7) is 0.378. The van der Waals surface area contributed by atoms with E-state index in [1.165, 1.54) is 0 Å². The van der Waals surface area contributed by atoms with Crippen molar-refractivity contribution in [3.8, 4) is 0 Å². The second-order valence-corrected chi connectivity index (χ2v) is 3.59. The molecule has 0 aromatic heterocycles. The normalized spacial score (nSPS) is 22.5. The number of hydrogen-bond acceptors (Lipinski definition) is 4. The predicted octanol–water partition coefficient (Wildman–Crippen LogP) is -0.775. The summed E-state index contributed by atoms with van der Waals surface area (Å²) in [6.07, 6.45) is 1.07. The molecule has 2 rings (SSSR count). The van der Waals surface area contributed by atoms with Gasteiger partial charge in [-0.05, 0) is 12.8 Å². The first-order valence-corrected chi connectivity index (χ1v) is 4.49. The summed E-state index contributed by atoms with van der Waals surface area (Å²) in [7, 11) is 0. The van der Waals surface area contributed by atoms with E-state index in [4.69, 9.17) is 5.73 Å². The number of carbonyl (C=O) groups is 3. The third kappa shape index (κ3) is 1.59. The van der Waals surface area contributed by atoms with Gasteiger partial charge in [-0.25, -0.2) is 4.79 Å². The van der Waals surface area contributed by atoms with Crippen molar-refractivity contribution in [2.75, 3.05) is 13.1 Å². The van der Waals surface area contributed by atoms with Gasteiger partial charge in [-0.15, -0.1) is 12.4 Å². The molecule has 1 heterocycles. The third-order valence-electron chi connectivity index (χ3n) is 2.66. The summed E-state index contributed by atoms with van der Waals surface area (Å²) < 4.78 is 0. The van der Waals surface area contributed by atoms with E-state index in [1.807, 2.05) is 0 Å². The van der Waals surface area contributed by atoms with Gasteiger partial charge in [-0.1, -0.05) is 0 Å². The highest BCUT2D eigenvalue weighted by Gasteiger charge is 2.61. The molecule has 15 heavy (non-hydrogen) atoms. The number of nitrogens with one attached hydrogen (secondary N) is 1.